The first-order chi connectivity index (χ1) is 11.7. The van der Waals surface area contributed by atoms with Crippen molar-refractivity contribution in [3.05, 3.63) is 23.8 Å². The van der Waals surface area contributed by atoms with Crippen molar-refractivity contribution in [2.45, 2.75) is 57.4 Å². The number of carbonyl (C=O) groups excluding carboxylic acids is 1. The average Bonchev–Trinajstić information content (AvgIpc) is 3.30. The molecule has 24 heavy (non-hydrogen) atoms. The lowest BCUT2D eigenvalue weighted by molar-refractivity contribution is -0.132. The Morgan fingerprint density at radius 1 is 1.12 bits per heavy atom. The fourth-order valence-electron chi connectivity index (χ4n) is 4.25. The maximum atomic E-state index is 12.8. The molecule has 1 heterocycles. The molecule has 0 radical (unpaired) electrons. The molecule has 2 aliphatic rings. The predicted octanol–water partition coefficient (Wildman–Crippen LogP) is 4.34. The SMILES string of the molecule is COc1ccc([C@H]2CCCN2C(=O)CCC2CCCC2)c(OC)c1. The molecule has 1 aliphatic carbocycles. The van der Waals surface area contributed by atoms with Gasteiger partial charge in [-0.15, -0.1) is 0 Å². The van der Waals surface area contributed by atoms with Gasteiger partial charge in [0.25, 0.3) is 0 Å². The number of carbonyl (C=O) groups is 1. The van der Waals surface area contributed by atoms with Crippen molar-refractivity contribution >= 4 is 5.91 Å². The molecule has 132 valence electrons. The Morgan fingerprint density at radius 3 is 2.62 bits per heavy atom. The van der Waals surface area contributed by atoms with Crippen LogP contribution >= 0.6 is 0 Å². The second-order valence-corrected chi connectivity index (χ2v) is 7.04. The number of amides is 1. The lowest BCUT2D eigenvalue weighted by Gasteiger charge is -2.27. The molecule has 0 N–H and O–H groups in total. The topological polar surface area (TPSA) is 38.8 Å². The van der Waals surface area contributed by atoms with Gasteiger partial charge in [-0.05, 0) is 37.3 Å². The molecule has 0 aromatic heterocycles. The summed E-state index contributed by atoms with van der Waals surface area (Å²) >= 11 is 0. The lowest BCUT2D eigenvalue weighted by atomic mass is 10.00. The molecule has 1 amide bonds. The Bertz CT molecular complexity index is 566. The van der Waals surface area contributed by atoms with Gasteiger partial charge in [0, 0.05) is 24.6 Å². The summed E-state index contributed by atoms with van der Waals surface area (Å²) in [6.45, 7) is 0.864. The number of methoxy groups -OCH3 is 2. The van der Waals surface area contributed by atoms with Gasteiger partial charge in [0.1, 0.15) is 11.5 Å². The van der Waals surface area contributed by atoms with Gasteiger partial charge in [-0.3, -0.25) is 4.79 Å². The molecule has 1 aliphatic heterocycles. The molecule has 3 rings (SSSR count). The minimum atomic E-state index is 0.141. The standard InChI is InChI=1S/C20H29NO3/c1-23-16-10-11-17(19(14-16)24-2)18-8-5-13-21(18)20(22)12-9-15-6-3-4-7-15/h10-11,14-15,18H,3-9,12-13H2,1-2H3/t18-/m1/s1. The maximum absolute atomic E-state index is 12.8. The molecule has 1 atom stereocenters. The molecule has 1 aromatic rings. The Balaban J connectivity index is 1.69. The van der Waals surface area contributed by atoms with Gasteiger partial charge in [0.05, 0.1) is 20.3 Å². The van der Waals surface area contributed by atoms with Gasteiger partial charge in [-0.2, -0.15) is 0 Å². The van der Waals surface area contributed by atoms with E-state index in [1.807, 2.05) is 18.2 Å². The molecule has 0 bridgehead atoms. The van der Waals surface area contributed by atoms with E-state index in [4.69, 9.17) is 9.47 Å². The van der Waals surface area contributed by atoms with Gasteiger partial charge >= 0.3 is 0 Å². The summed E-state index contributed by atoms with van der Waals surface area (Å²) in [5, 5.41) is 0. The van der Waals surface area contributed by atoms with Crippen molar-refractivity contribution in [1.82, 2.24) is 4.90 Å². The van der Waals surface area contributed by atoms with Crippen LogP contribution in [0.25, 0.3) is 0 Å². The molecule has 2 fully saturated rings. The van der Waals surface area contributed by atoms with Crippen LogP contribution in [0.4, 0.5) is 0 Å². The van der Waals surface area contributed by atoms with E-state index >= 15 is 0 Å². The van der Waals surface area contributed by atoms with Crippen LogP contribution in [0, 0.1) is 5.92 Å². The number of benzene rings is 1. The summed E-state index contributed by atoms with van der Waals surface area (Å²) in [4.78, 5) is 14.8. The number of rotatable bonds is 6. The zero-order valence-electron chi connectivity index (χ0n) is 14.9. The van der Waals surface area contributed by atoms with Gasteiger partial charge in [0.15, 0.2) is 0 Å². The third kappa shape index (κ3) is 3.68. The summed E-state index contributed by atoms with van der Waals surface area (Å²) < 4.78 is 10.8. The number of likely N-dealkylation sites (tertiary alicyclic amines) is 1. The Morgan fingerprint density at radius 2 is 1.92 bits per heavy atom. The van der Waals surface area contributed by atoms with E-state index in [0.29, 0.717) is 12.3 Å². The van der Waals surface area contributed by atoms with Gasteiger partial charge in [-0.25, -0.2) is 0 Å². The minimum Gasteiger partial charge on any atom is -0.497 e. The molecular formula is C20H29NO3. The molecule has 4 heteroatoms. The monoisotopic (exact) mass is 331 g/mol. The summed E-state index contributed by atoms with van der Waals surface area (Å²) in [5.74, 6) is 2.68. The maximum Gasteiger partial charge on any atom is 0.223 e. The minimum absolute atomic E-state index is 0.141. The third-order valence-electron chi connectivity index (χ3n) is 5.61. The zero-order valence-corrected chi connectivity index (χ0v) is 14.9. The van der Waals surface area contributed by atoms with Crippen LogP contribution in [0.1, 0.15) is 63.0 Å². The van der Waals surface area contributed by atoms with Gasteiger partial charge in [0.2, 0.25) is 5.91 Å². The second-order valence-electron chi connectivity index (χ2n) is 7.04. The predicted molar refractivity (Wildman–Crippen MR) is 94.4 cm³/mol. The van der Waals surface area contributed by atoms with E-state index in [2.05, 4.69) is 4.90 Å². The first-order valence-electron chi connectivity index (χ1n) is 9.24. The third-order valence-corrected chi connectivity index (χ3v) is 5.61. The highest BCUT2D eigenvalue weighted by atomic mass is 16.5. The van der Waals surface area contributed by atoms with Crippen LogP contribution in [0.15, 0.2) is 18.2 Å². The number of nitrogens with zero attached hydrogens (tertiary/aromatic N) is 1. The van der Waals surface area contributed by atoms with Gasteiger partial charge in [-0.1, -0.05) is 25.7 Å². The van der Waals surface area contributed by atoms with Crippen LogP contribution in [0.2, 0.25) is 0 Å². The average molecular weight is 331 g/mol. The van der Waals surface area contributed by atoms with Crippen molar-refractivity contribution in [2.24, 2.45) is 5.92 Å². The van der Waals surface area contributed by atoms with Crippen molar-refractivity contribution in [3.63, 3.8) is 0 Å². The Labute approximate surface area is 145 Å². The van der Waals surface area contributed by atoms with Crippen molar-refractivity contribution < 1.29 is 14.3 Å². The highest BCUT2D eigenvalue weighted by molar-refractivity contribution is 5.77. The van der Waals surface area contributed by atoms with Crippen LogP contribution in [0.3, 0.4) is 0 Å². The largest absolute Gasteiger partial charge is 0.497 e. The lowest BCUT2D eigenvalue weighted by Crippen LogP contribution is -2.30. The molecule has 4 nitrogen and oxygen atoms in total. The van der Waals surface area contributed by atoms with E-state index in [9.17, 15) is 4.79 Å². The Hall–Kier alpha value is -1.71. The fourth-order valence-corrected chi connectivity index (χ4v) is 4.25. The van der Waals surface area contributed by atoms with E-state index in [-0.39, 0.29) is 6.04 Å². The summed E-state index contributed by atoms with van der Waals surface area (Å²) in [6, 6.07) is 6.05. The van der Waals surface area contributed by atoms with Crippen LogP contribution in [-0.4, -0.2) is 31.6 Å². The summed E-state index contributed by atoms with van der Waals surface area (Å²) in [7, 11) is 3.34. The van der Waals surface area contributed by atoms with Crippen LogP contribution in [0.5, 0.6) is 11.5 Å². The molecule has 1 saturated heterocycles. The highest BCUT2D eigenvalue weighted by Gasteiger charge is 2.32. The molecule has 1 saturated carbocycles. The molecule has 0 unspecified atom stereocenters. The van der Waals surface area contributed by atoms with Crippen LogP contribution < -0.4 is 9.47 Å². The van der Waals surface area contributed by atoms with Crippen LogP contribution in [-0.2, 0) is 4.79 Å². The van der Waals surface area contributed by atoms with Crippen molar-refractivity contribution in [2.75, 3.05) is 20.8 Å². The molecule has 1 aromatic carbocycles. The van der Waals surface area contributed by atoms with Crippen molar-refractivity contribution in [1.29, 1.82) is 0 Å². The normalized spacial score (nSPS) is 21.2. The summed E-state index contributed by atoms with van der Waals surface area (Å²) in [6.07, 6.45) is 9.13. The second kappa shape index (κ2) is 7.91. The highest BCUT2D eigenvalue weighted by Crippen LogP contribution is 2.39. The molecule has 0 spiro atoms. The van der Waals surface area contributed by atoms with E-state index in [0.717, 1.165) is 48.8 Å². The molecular weight excluding hydrogens is 302 g/mol. The van der Waals surface area contributed by atoms with Gasteiger partial charge < -0.3 is 14.4 Å². The van der Waals surface area contributed by atoms with E-state index < -0.39 is 0 Å². The first-order valence-corrected chi connectivity index (χ1v) is 9.24. The van der Waals surface area contributed by atoms with E-state index in [1.165, 1.54) is 25.7 Å². The number of ether oxygens (including phenoxy) is 2. The summed E-state index contributed by atoms with van der Waals surface area (Å²) in [5.41, 5.74) is 1.10. The Kier molecular flexibility index (Phi) is 5.64. The first kappa shape index (κ1) is 17.1. The number of hydrogen-bond acceptors (Lipinski definition) is 3. The smallest absolute Gasteiger partial charge is 0.223 e. The fraction of sp³-hybridized carbons (Fsp3) is 0.650. The van der Waals surface area contributed by atoms with Crippen molar-refractivity contribution in [3.8, 4) is 11.5 Å². The van der Waals surface area contributed by atoms with E-state index in [1.54, 1.807) is 14.2 Å². The quantitative estimate of drug-likeness (QED) is 0.778. The number of hydrogen-bond donors (Lipinski definition) is 0. The zero-order chi connectivity index (χ0) is 16.9.